The van der Waals surface area contributed by atoms with Gasteiger partial charge in [0.2, 0.25) is 5.91 Å². The molecule has 2 N–H and O–H groups in total. The third-order valence-corrected chi connectivity index (χ3v) is 2.65. The molecular weight excluding hydrogens is 200 g/mol. The third-order valence-electron chi connectivity index (χ3n) is 2.65. The number of nitrogens with two attached hydrogens (primary N) is 1. The van der Waals surface area contributed by atoms with Gasteiger partial charge in [-0.3, -0.25) is 4.79 Å². The number of carbonyl (C=O) groups excluding carboxylic acids is 1. The quantitative estimate of drug-likeness (QED) is 0.510. The monoisotopic (exact) mass is 226 g/mol. The number of rotatable bonds is 8. The summed E-state index contributed by atoms with van der Waals surface area (Å²) in [6, 6.07) is -0.207. The van der Waals surface area contributed by atoms with Crippen LogP contribution in [0.25, 0.3) is 0 Å². The van der Waals surface area contributed by atoms with E-state index in [1.807, 2.05) is 18.7 Å². The lowest BCUT2D eigenvalue weighted by Crippen LogP contribution is -2.47. The Morgan fingerprint density at radius 3 is 2.50 bits per heavy atom. The third kappa shape index (κ3) is 5.31. The first-order valence-electron chi connectivity index (χ1n) is 6.21. The Bertz CT molecular complexity index is 214. The Balaban J connectivity index is 4.28. The Kier molecular flexibility index (Phi) is 7.90. The van der Waals surface area contributed by atoms with Crippen LogP contribution < -0.4 is 5.73 Å². The zero-order chi connectivity index (χ0) is 12.6. The van der Waals surface area contributed by atoms with E-state index in [0.717, 1.165) is 19.4 Å². The second-order valence-electron chi connectivity index (χ2n) is 4.46. The molecule has 0 saturated carbocycles. The first kappa shape index (κ1) is 15.2. The lowest BCUT2D eigenvalue weighted by Gasteiger charge is -2.29. The van der Waals surface area contributed by atoms with E-state index in [0.29, 0.717) is 6.42 Å². The highest BCUT2D eigenvalue weighted by Crippen LogP contribution is 2.07. The van der Waals surface area contributed by atoms with Crippen molar-refractivity contribution in [2.45, 2.75) is 58.5 Å². The molecule has 0 aromatic carbocycles. The number of unbranched alkanes of at least 4 members (excludes halogenated alkanes) is 2. The van der Waals surface area contributed by atoms with Gasteiger partial charge < -0.3 is 10.6 Å². The standard InChI is InChI=1S/C13H26N2O/c1-5-7-8-10-15(11(3)4)13(16)12(14)9-6-2/h6,11-12H,2,5,7-10,14H2,1,3-4H3. The van der Waals surface area contributed by atoms with Crippen LogP contribution in [-0.2, 0) is 4.79 Å². The summed E-state index contributed by atoms with van der Waals surface area (Å²) >= 11 is 0. The van der Waals surface area contributed by atoms with Crippen LogP contribution in [0.2, 0.25) is 0 Å². The molecule has 0 aliphatic carbocycles. The van der Waals surface area contributed by atoms with Crippen LogP contribution in [0.5, 0.6) is 0 Å². The van der Waals surface area contributed by atoms with Gasteiger partial charge in [0.25, 0.3) is 0 Å². The second-order valence-corrected chi connectivity index (χ2v) is 4.46. The van der Waals surface area contributed by atoms with E-state index in [4.69, 9.17) is 5.73 Å². The van der Waals surface area contributed by atoms with Crippen LogP contribution in [-0.4, -0.2) is 29.4 Å². The molecule has 0 aromatic heterocycles. The van der Waals surface area contributed by atoms with Gasteiger partial charge in [0.15, 0.2) is 0 Å². The molecule has 0 fully saturated rings. The Labute approximate surface area is 99.7 Å². The molecule has 0 radical (unpaired) electrons. The van der Waals surface area contributed by atoms with Crippen LogP contribution in [0.4, 0.5) is 0 Å². The molecule has 0 aromatic rings. The first-order valence-corrected chi connectivity index (χ1v) is 6.21. The molecule has 0 heterocycles. The van der Waals surface area contributed by atoms with Crippen molar-refractivity contribution in [3.8, 4) is 0 Å². The normalized spacial score (nSPS) is 12.6. The summed E-state index contributed by atoms with van der Waals surface area (Å²) in [6.45, 7) is 10.6. The minimum atomic E-state index is -0.429. The van der Waals surface area contributed by atoms with Gasteiger partial charge in [-0.15, -0.1) is 6.58 Å². The molecule has 1 amide bonds. The molecule has 0 bridgehead atoms. The molecule has 0 aliphatic rings. The SMILES string of the molecule is C=CCC(N)C(=O)N(CCCCC)C(C)C. The number of hydrogen-bond donors (Lipinski definition) is 1. The first-order chi connectivity index (χ1) is 7.54. The number of amides is 1. The summed E-state index contributed by atoms with van der Waals surface area (Å²) in [7, 11) is 0. The van der Waals surface area contributed by atoms with Crippen LogP contribution >= 0.6 is 0 Å². The Hall–Kier alpha value is -0.830. The Morgan fingerprint density at radius 2 is 2.06 bits per heavy atom. The van der Waals surface area contributed by atoms with Crippen LogP contribution in [0.3, 0.4) is 0 Å². The summed E-state index contributed by atoms with van der Waals surface area (Å²) in [5.41, 5.74) is 5.81. The second kappa shape index (κ2) is 8.34. The van der Waals surface area contributed by atoms with E-state index in [-0.39, 0.29) is 11.9 Å². The average Bonchev–Trinajstić information content (AvgIpc) is 2.23. The topological polar surface area (TPSA) is 46.3 Å². The predicted octanol–water partition coefficient (Wildman–Crippen LogP) is 2.32. The van der Waals surface area contributed by atoms with Crippen molar-refractivity contribution in [1.29, 1.82) is 0 Å². The van der Waals surface area contributed by atoms with Crippen molar-refractivity contribution in [2.75, 3.05) is 6.54 Å². The van der Waals surface area contributed by atoms with Gasteiger partial charge in [0, 0.05) is 12.6 Å². The van der Waals surface area contributed by atoms with Crippen molar-refractivity contribution in [3.63, 3.8) is 0 Å². The van der Waals surface area contributed by atoms with E-state index >= 15 is 0 Å². The zero-order valence-electron chi connectivity index (χ0n) is 10.9. The van der Waals surface area contributed by atoms with E-state index in [1.165, 1.54) is 6.42 Å². The fraction of sp³-hybridized carbons (Fsp3) is 0.769. The molecule has 1 unspecified atom stereocenters. The zero-order valence-corrected chi connectivity index (χ0v) is 10.9. The van der Waals surface area contributed by atoms with Gasteiger partial charge in [-0.25, -0.2) is 0 Å². The molecule has 0 saturated heterocycles. The maximum Gasteiger partial charge on any atom is 0.240 e. The maximum atomic E-state index is 12.0. The molecule has 16 heavy (non-hydrogen) atoms. The number of hydrogen-bond acceptors (Lipinski definition) is 2. The van der Waals surface area contributed by atoms with Gasteiger partial charge >= 0.3 is 0 Å². The summed E-state index contributed by atoms with van der Waals surface area (Å²) < 4.78 is 0. The van der Waals surface area contributed by atoms with E-state index in [1.54, 1.807) is 6.08 Å². The van der Waals surface area contributed by atoms with Crippen LogP contribution in [0.1, 0.15) is 46.5 Å². The molecular formula is C13H26N2O. The molecule has 0 spiro atoms. The lowest BCUT2D eigenvalue weighted by molar-refractivity contribution is -0.134. The summed E-state index contributed by atoms with van der Waals surface area (Å²) in [5, 5.41) is 0. The minimum Gasteiger partial charge on any atom is -0.339 e. The van der Waals surface area contributed by atoms with E-state index < -0.39 is 6.04 Å². The van der Waals surface area contributed by atoms with Gasteiger partial charge in [-0.1, -0.05) is 25.8 Å². The fourth-order valence-electron chi connectivity index (χ4n) is 1.65. The van der Waals surface area contributed by atoms with Crippen molar-refractivity contribution in [1.82, 2.24) is 4.90 Å². The van der Waals surface area contributed by atoms with Crippen molar-refractivity contribution < 1.29 is 4.79 Å². The largest absolute Gasteiger partial charge is 0.339 e. The number of nitrogens with zero attached hydrogens (tertiary/aromatic N) is 1. The van der Waals surface area contributed by atoms with Crippen LogP contribution in [0.15, 0.2) is 12.7 Å². The highest BCUT2D eigenvalue weighted by molar-refractivity contribution is 5.82. The van der Waals surface area contributed by atoms with E-state index in [2.05, 4.69) is 13.5 Å². The highest BCUT2D eigenvalue weighted by atomic mass is 16.2. The van der Waals surface area contributed by atoms with Crippen molar-refractivity contribution in [2.24, 2.45) is 5.73 Å². The van der Waals surface area contributed by atoms with Gasteiger partial charge in [-0.05, 0) is 26.7 Å². The van der Waals surface area contributed by atoms with Crippen molar-refractivity contribution in [3.05, 3.63) is 12.7 Å². The van der Waals surface area contributed by atoms with Crippen molar-refractivity contribution >= 4 is 5.91 Å². The summed E-state index contributed by atoms with van der Waals surface area (Å²) in [4.78, 5) is 13.9. The summed E-state index contributed by atoms with van der Waals surface area (Å²) in [6.07, 6.45) is 5.64. The summed E-state index contributed by atoms with van der Waals surface area (Å²) in [5.74, 6) is 0.0472. The van der Waals surface area contributed by atoms with Crippen LogP contribution in [0, 0.1) is 0 Å². The van der Waals surface area contributed by atoms with Gasteiger partial charge in [-0.2, -0.15) is 0 Å². The average molecular weight is 226 g/mol. The fourth-order valence-corrected chi connectivity index (χ4v) is 1.65. The van der Waals surface area contributed by atoms with Gasteiger partial charge in [0.05, 0.1) is 6.04 Å². The molecule has 0 aliphatic heterocycles. The number of carbonyl (C=O) groups is 1. The maximum absolute atomic E-state index is 12.0. The van der Waals surface area contributed by atoms with Gasteiger partial charge in [0.1, 0.15) is 0 Å². The highest BCUT2D eigenvalue weighted by Gasteiger charge is 2.21. The Morgan fingerprint density at radius 1 is 1.44 bits per heavy atom. The molecule has 0 rings (SSSR count). The molecule has 94 valence electrons. The molecule has 3 heteroatoms. The lowest BCUT2D eigenvalue weighted by atomic mass is 10.1. The molecule has 1 atom stereocenters. The van der Waals surface area contributed by atoms with E-state index in [9.17, 15) is 4.79 Å². The smallest absolute Gasteiger partial charge is 0.240 e. The predicted molar refractivity (Wildman–Crippen MR) is 69.2 cm³/mol. The molecule has 3 nitrogen and oxygen atoms in total. The minimum absolute atomic E-state index is 0.0472.